The Morgan fingerprint density at radius 1 is 1.62 bits per heavy atom. The lowest BCUT2D eigenvalue weighted by Gasteiger charge is -2.12. The second-order valence-electron chi connectivity index (χ2n) is 3.25. The molecule has 1 aromatic carbocycles. The van der Waals surface area contributed by atoms with E-state index < -0.39 is 5.91 Å². The molecule has 0 radical (unpaired) electrons. The number of hydrogen-bond donors (Lipinski definition) is 1. The van der Waals surface area contributed by atoms with Gasteiger partial charge in [0.15, 0.2) is 0 Å². The van der Waals surface area contributed by atoms with Crippen molar-refractivity contribution >= 4 is 12.1 Å². The maximum atomic E-state index is 11.1. The number of benzene rings is 1. The summed E-state index contributed by atoms with van der Waals surface area (Å²) in [6, 6.07) is 7.20. The number of methoxy groups -OCH3 is 1. The van der Waals surface area contributed by atoms with Gasteiger partial charge in [0.2, 0.25) is 0 Å². The van der Waals surface area contributed by atoms with Crippen LogP contribution in [0.2, 0.25) is 0 Å². The molecule has 1 aromatic rings. The van der Waals surface area contributed by atoms with E-state index >= 15 is 0 Å². The lowest BCUT2D eigenvalue weighted by Crippen LogP contribution is -2.27. The minimum Gasteiger partial charge on any atom is -0.497 e. The van der Waals surface area contributed by atoms with Gasteiger partial charge in [-0.25, -0.2) is 0 Å². The topological polar surface area (TPSA) is 74.7 Å². The van der Waals surface area contributed by atoms with Crippen molar-refractivity contribution in [2.24, 2.45) is 0 Å². The van der Waals surface area contributed by atoms with E-state index in [1.54, 1.807) is 7.11 Å². The molecule has 0 aromatic heterocycles. The zero-order valence-electron chi connectivity index (χ0n) is 9.18. The van der Waals surface area contributed by atoms with E-state index in [0.717, 1.165) is 17.5 Å². The Labute approximate surface area is 93.7 Å². The van der Waals surface area contributed by atoms with Gasteiger partial charge in [-0.3, -0.25) is 4.79 Å². The third-order valence-electron chi connectivity index (χ3n) is 2.13. The fourth-order valence-corrected chi connectivity index (χ4v) is 1.30. The Bertz CT molecular complexity index is 425. The average molecular weight is 219 g/mol. The number of carbonyl (C=O) groups is 1. The van der Waals surface area contributed by atoms with Crippen molar-refractivity contribution in [1.82, 2.24) is 5.32 Å². The molecule has 0 saturated carbocycles. The van der Waals surface area contributed by atoms with Crippen LogP contribution < -0.4 is 10.1 Å². The van der Waals surface area contributed by atoms with Crippen LogP contribution in [0.15, 0.2) is 24.3 Å². The van der Waals surface area contributed by atoms with E-state index in [-0.39, 0.29) is 6.04 Å². The molecule has 1 amide bonds. The molecule has 1 atom stereocenters. The summed E-state index contributed by atoms with van der Waals surface area (Å²) in [4.78, 5) is 13.8. The van der Waals surface area contributed by atoms with E-state index in [0.29, 0.717) is 0 Å². The van der Waals surface area contributed by atoms with Crippen molar-refractivity contribution in [2.75, 3.05) is 7.11 Å². The van der Waals surface area contributed by atoms with Crippen molar-refractivity contribution < 1.29 is 14.3 Å². The fourth-order valence-electron chi connectivity index (χ4n) is 1.30. The third kappa shape index (κ3) is 3.22. The Morgan fingerprint density at radius 2 is 2.38 bits per heavy atom. The van der Waals surface area contributed by atoms with Gasteiger partial charge in [0.1, 0.15) is 5.75 Å². The number of nitrogens with zero attached hydrogens (tertiary/aromatic N) is 2. The summed E-state index contributed by atoms with van der Waals surface area (Å²) in [5.41, 5.74) is 9.11. The predicted molar refractivity (Wildman–Crippen MR) is 59.2 cm³/mol. The van der Waals surface area contributed by atoms with Crippen LogP contribution in [0.5, 0.6) is 5.75 Å². The van der Waals surface area contributed by atoms with E-state index in [4.69, 9.17) is 10.3 Å². The van der Waals surface area contributed by atoms with Crippen LogP contribution in [0, 0.1) is 0 Å². The van der Waals surface area contributed by atoms with Crippen molar-refractivity contribution in [3.8, 4) is 5.75 Å². The molecular formula is C11H13N3O2. The highest BCUT2D eigenvalue weighted by molar-refractivity contribution is 6.23. The molecule has 0 aliphatic rings. The SMILES string of the molecule is COc1cccc([C@@H](C)NC(=O)C=[N+]=[N-])c1. The zero-order chi connectivity index (χ0) is 12.0. The smallest absolute Gasteiger partial charge is 0.344 e. The number of rotatable bonds is 4. The van der Waals surface area contributed by atoms with Gasteiger partial charge in [0.25, 0.3) is 0 Å². The van der Waals surface area contributed by atoms with E-state index in [1.807, 2.05) is 31.2 Å². The first kappa shape index (κ1) is 11.9. The van der Waals surface area contributed by atoms with E-state index in [2.05, 4.69) is 10.1 Å². The highest BCUT2D eigenvalue weighted by Crippen LogP contribution is 2.18. The molecule has 0 heterocycles. The first-order valence-electron chi connectivity index (χ1n) is 4.79. The quantitative estimate of drug-likeness (QED) is 0.469. The molecule has 84 valence electrons. The van der Waals surface area contributed by atoms with Gasteiger partial charge in [-0.05, 0) is 24.6 Å². The minimum absolute atomic E-state index is 0.180. The minimum atomic E-state index is -0.446. The molecule has 5 heteroatoms. The van der Waals surface area contributed by atoms with Crippen LogP contribution in [0.4, 0.5) is 0 Å². The largest absolute Gasteiger partial charge is 0.497 e. The van der Waals surface area contributed by atoms with Crippen LogP contribution in [0.3, 0.4) is 0 Å². The molecule has 0 aliphatic carbocycles. The molecule has 1 N–H and O–H groups in total. The number of nitrogens with one attached hydrogen (secondary N) is 1. The summed E-state index contributed by atoms with van der Waals surface area (Å²) in [6.07, 6.45) is 0.816. The Kier molecular flexibility index (Phi) is 4.24. The van der Waals surface area contributed by atoms with Crippen LogP contribution in [0.25, 0.3) is 5.53 Å². The van der Waals surface area contributed by atoms with Crippen LogP contribution >= 0.6 is 0 Å². The highest BCUT2D eigenvalue weighted by Gasteiger charge is 2.10. The normalized spacial score (nSPS) is 11.1. The lowest BCUT2D eigenvalue weighted by molar-refractivity contribution is -0.118. The molecule has 0 saturated heterocycles. The summed E-state index contributed by atoms with van der Waals surface area (Å²) in [7, 11) is 1.58. The van der Waals surface area contributed by atoms with Crippen LogP contribution in [-0.4, -0.2) is 24.0 Å². The first-order chi connectivity index (χ1) is 7.67. The van der Waals surface area contributed by atoms with Crippen LogP contribution in [0.1, 0.15) is 18.5 Å². The van der Waals surface area contributed by atoms with Crippen molar-refractivity contribution in [2.45, 2.75) is 13.0 Å². The van der Waals surface area contributed by atoms with Gasteiger partial charge in [-0.15, -0.1) is 0 Å². The third-order valence-corrected chi connectivity index (χ3v) is 2.13. The van der Waals surface area contributed by atoms with E-state index in [1.165, 1.54) is 0 Å². The molecule has 0 spiro atoms. The fraction of sp³-hybridized carbons (Fsp3) is 0.273. The van der Waals surface area contributed by atoms with Gasteiger partial charge in [0.05, 0.1) is 13.2 Å². The molecule has 0 unspecified atom stereocenters. The number of carbonyl (C=O) groups excluding carboxylic acids is 1. The monoisotopic (exact) mass is 219 g/mol. The predicted octanol–water partition coefficient (Wildman–Crippen LogP) is 1.17. The summed E-state index contributed by atoms with van der Waals surface area (Å²) in [5.74, 6) is 0.284. The van der Waals surface area contributed by atoms with Gasteiger partial charge in [-0.2, -0.15) is 4.79 Å². The van der Waals surface area contributed by atoms with Gasteiger partial charge in [0, 0.05) is 0 Å². The van der Waals surface area contributed by atoms with Gasteiger partial charge in [-0.1, -0.05) is 12.1 Å². The first-order valence-corrected chi connectivity index (χ1v) is 4.79. The highest BCUT2D eigenvalue weighted by atomic mass is 16.5. The van der Waals surface area contributed by atoms with Crippen molar-refractivity contribution in [1.29, 1.82) is 0 Å². The molecule has 0 bridgehead atoms. The van der Waals surface area contributed by atoms with Crippen molar-refractivity contribution in [3.05, 3.63) is 35.4 Å². The molecule has 0 fully saturated rings. The lowest BCUT2D eigenvalue weighted by atomic mass is 10.1. The molecule has 16 heavy (non-hydrogen) atoms. The maximum Gasteiger partial charge on any atom is 0.344 e. The summed E-state index contributed by atoms with van der Waals surface area (Å²) < 4.78 is 5.08. The van der Waals surface area contributed by atoms with Gasteiger partial charge < -0.3 is 15.6 Å². The second kappa shape index (κ2) is 5.68. The summed E-state index contributed by atoms with van der Waals surface area (Å²) in [6.45, 7) is 1.83. The molecule has 0 aliphatic heterocycles. The van der Waals surface area contributed by atoms with E-state index in [9.17, 15) is 4.79 Å². The average Bonchev–Trinajstić information content (AvgIpc) is 2.29. The summed E-state index contributed by atoms with van der Waals surface area (Å²) in [5, 5.41) is 2.64. The Balaban J connectivity index is 2.75. The Hall–Kier alpha value is -2.13. The molecule has 5 nitrogen and oxygen atoms in total. The molecular weight excluding hydrogens is 206 g/mol. The number of amides is 1. The zero-order valence-corrected chi connectivity index (χ0v) is 9.18. The number of hydrogen-bond acceptors (Lipinski definition) is 2. The maximum absolute atomic E-state index is 11.1. The second-order valence-corrected chi connectivity index (χ2v) is 3.25. The van der Waals surface area contributed by atoms with Gasteiger partial charge >= 0.3 is 12.1 Å². The standard InChI is InChI=1S/C11H13N3O2/c1-8(14-11(15)7-13-12)9-4-3-5-10(6-9)16-2/h3-8H,1-2H3,(H,14,15)/t8-/m1/s1. The van der Waals surface area contributed by atoms with Crippen LogP contribution in [-0.2, 0) is 4.79 Å². The Morgan fingerprint density at radius 3 is 3.00 bits per heavy atom. The summed E-state index contributed by atoms with van der Waals surface area (Å²) >= 11 is 0. The number of ether oxygens (including phenoxy) is 1. The van der Waals surface area contributed by atoms with Crippen molar-refractivity contribution in [3.63, 3.8) is 0 Å². The molecule has 1 rings (SSSR count).